The van der Waals surface area contributed by atoms with E-state index in [1.54, 1.807) is 23.5 Å². The van der Waals surface area contributed by atoms with Gasteiger partial charge in [-0.2, -0.15) is 0 Å². The van der Waals surface area contributed by atoms with E-state index in [2.05, 4.69) is 19.9 Å². The van der Waals surface area contributed by atoms with Gasteiger partial charge in [-0.25, -0.2) is 4.79 Å². The molecule has 0 bridgehead atoms. The second-order valence-corrected chi connectivity index (χ2v) is 9.88. The number of hydrogen-bond acceptors (Lipinski definition) is 5. The molecule has 3 rings (SSSR count). The van der Waals surface area contributed by atoms with Gasteiger partial charge >= 0.3 is 5.97 Å². The molecule has 30 heavy (non-hydrogen) atoms. The Kier molecular flexibility index (Phi) is 9.22. The summed E-state index contributed by atoms with van der Waals surface area (Å²) in [6.07, 6.45) is 11.0. The van der Waals surface area contributed by atoms with Crippen LogP contribution in [0.15, 0.2) is 36.4 Å². The zero-order valence-electron chi connectivity index (χ0n) is 18.1. The van der Waals surface area contributed by atoms with E-state index in [-0.39, 0.29) is 5.97 Å². The molecule has 0 radical (unpaired) electrons. The Labute approximate surface area is 188 Å². The van der Waals surface area contributed by atoms with Crippen LogP contribution in [0.1, 0.15) is 79.8 Å². The smallest absolute Gasteiger partial charge is 0.353 e. The highest BCUT2D eigenvalue weighted by molar-refractivity contribution is 7.28. The number of carbonyl (C=O) groups excluding carboxylic acids is 1. The number of benzene rings is 1. The highest BCUT2D eigenvalue weighted by Gasteiger charge is 2.15. The van der Waals surface area contributed by atoms with Crippen LogP contribution in [-0.4, -0.2) is 12.6 Å². The second kappa shape index (κ2) is 12.1. The van der Waals surface area contributed by atoms with Crippen molar-refractivity contribution in [2.45, 2.75) is 71.6 Å². The maximum atomic E-state index is 12.5. The molecule has 0 aliphatic carbocycles. The summed E-state index contributed by atoms with van der Waals surface area (Å²) in [5, 5.41) is 0. The van der Waals surface area contributed by atoms with Crippen LogP contribution < -0.4 is 9.47 Å². The van der Waals surface area contributed by atoms with Crippen molar-refractivity contribution in [3.05, 3.63) is 46.2 Å². The second-order valence-electron chi connectivity index (χ2n) is 7.63. The molecule has 1 aromatic carbocycles. The largest absolute Gasteiger partial charge is 0.494 e. The first-order chi connectivity index (χ1) is 14.7. The normalized spacial score (nSPS) is 11.1. The first kappa shape index (κ1) is 22.8. The SMILES string of the molecule is CCCCCCCOc1ccc(OC(=O)c2cc3sc(CCCCC)cc3s2)cc1. The predicted octanol–water partition coefficient (Wildman–Crippen LogP) is 8.26. The van der Waals surface area contributed by atoms with Crippen LogP contribution >= 0.6 is 22.7 Å². The highest BCUT2D eigenvalue weighted by Crippen LogP contribution is 2.34. The first-order valence-electron chi connectivity index (χ1n) is 11.2. The summed E-state index contributed by atoms with van der Waals surface area (Å²) in [6.45, 7) is 5.17. The average molecular weight is 445 g/mol. The maximum Gasteiger partial charge on any atom is 0.353 e. The molecule has 0 amide bonds. The number of rotatable bonds is 13. The maximum absolute atomic E-state index is 12.5. The molecule has 3 aromatic rings. The summed E-state index contributed by atoms with van der Waals surface area (Å²) in [4.78, 5) is 14.6. The van der Waals surface area contributed by atoms with Crippen molar-refractivity contribution < 1.29 is 14.3 Å². The van der Waals surface area contributed by atoms with E-state index in [4.69, 9.17) is 9.47 Å². The monoisotopic (exact) mass is 444 g/mol. The summed E-state index contributed by atoms with van der Waals surface area (Å²) in [7, 11) is 0. The molecule has 5 heteroatoms. The molecule has 0 N–H and O–H groups in total. The van der Waals surface area contributed by atoms with Crippen molar-refractivity contribution in [1.82, 2.24) is 0 Å². The van der Waals surface area contributed by atoms with Crippen LogP contribution in [0.3, 0.4) is 0 Å². The van der Waals surface area contributed by atoms with Crippen LogP contribution in [-0.2, 0) is 6.42 Å². The number of hydrogen-bond donors (Lipinski definition) is 0. The molecule has 3 nitrogen and oxygen atoms in total. The Hall–Kier alpha value is -1.85. The molecule has 2 aromatic heterocycles. The number of carbonyl (C=O) groups is 1. The molecule has 0 spiro atoms. The van der Waals surface area contributed by atoms with Gasteiger partial charge in [0.2, 0.25) is 0 Å². The molecule has 0 atom stereocenters. The van der Waals surface area contributed by atoms with Crippen molar-refractivity contribution >= 4 is 38.0 Å². The van der Waals surface area contributed by atoms with E-state index in [0.717, 1.165) is 25.2 Å². The third-order valence-electron chi connectivity index (χ3n) is 5.04. The van der Waals surface area contributed by atoms with Gasteiger partial charge in [0.1, 0.15) is 16.4 Å². The van der Waals surface area contributed by atoms with Crippen LogP contribution in [0.2, 0.25) is 0 Å². The number of ether oxygens (including phenoxy) is 2. The Morgan fingerprint density at radius 3 is 2.20 bits per heavy atom. The minimum absolute atomic E-state index is 0.291. The quantitative estimate of drug-likeness (QED) is 0.151. The number of aryl methyl sites for hydroxylation is 1. The number of esters is 1. The molecule has 162 valence electrons. The Morgan fingerprint density at radius 2 is 1.47 bits per heavy atom. The van der Waals surface area contributed by atoms with E-state index in [9.17, 15) is 4.79 Å². The fraction of sp³-hybridized carbons (Fsp3) is 0.480. The lowest BCUT2D eigenvalue weighted by atomic mass is 10.2. The van der Waals surface area contributed by atoms with E-state index in [0.29, 0.717) is 10.6 Å². The van der Waals surface area contributed by atoms with E-state index in [1.165, 1.54) is 70.6 Å². The van der Waals surface area contributed by atoms with Gasteiger partial charge in [-0.15, -0.1) is 22.7 Å². The number of unbranched alkanes of at least 4 members (excludes halogenated alkanes) is 6. The summed E-state index contributed by atoms with van der Waals surface area (Å²) < 4.78 is 13.7. The fourth-order valence-electron chi connectivity index (χ4n) is 3.32. The van der Waals surface area contributed by atoms with Gasteiger partial charge in [-0.05, 0) is 55.7 Å². The molecular formula is C25H32O3S2. The molecule has 0 fully saturated rings. The van der Waals surface area contributed by atoms with Gasteiger partial charge in [0.15, 0.2) is 0 Å². The molecule has 0 aliphatic rings. The van der Waals surface area contributed by atoms with Crippen molar-refractivity contribution in [2.75, 3.05) is 6.61 Å². The van der Waals surface area contributed by atoms with Crippen LogP contribution in [0.4, 0.5) is 0 Å². The van der Waals surface area contributed by atoms with Crippen molar-refractivity contribution in [3.8, 4) is 11.5 Å². The van der Waals surface area contributed by atoms with Crippen molar-refractivity contribution in [1.29, 1.82) is 0 Å². The average Bonchev–Trinajstić information content (AvgIpc) is 3.31. The zero-order valence-corrected chi connectivity index (χ0v) is 19.7. The third kappa shape index (κ3) is 6.85. The highest BCUT2D eigenvalue weighted by atomic mass is 32.1. The lowest BCUT2D eigenvalue weighted by molar-refractivity contribution is 0.0739. The molecule has 2 heterocycles. The van der Waals surface area contributed by atoms with Gasteiger partial charge in [0, 0.05) is 14.3 Å². The molecule has 0 aliphatic heterocycles. The van der Waals surface area contributed by atoms with Gasteiger partial charge < -0.3 is 9.47 Å². The Morgan fingerprint density at radius 1 is 0.800 bits per heavy atom. The summed E-state index contributed by atoms with van der Waals surface area (Å²) >= 11 is 3.31. The molecular weight excluding hydrogens is 412 g/mol. The molecule has 0 unspecified atom stereocenters. The standard InChI is InChI=1S/C25H32O3S2/c1-3-5-7-8-10-16-27-19-12-14-20(15-13-19)28-25(26)24-18-23-22(30-24)17-21(29-23)11-9-6-4-2/h12-15,17-18H,3-11,16H2,1-2H3. The van der Waals surface area contributed by atoms with Crippen LogP contribution in [0, 0.1) is 0 Å². The van der Waals surface area contributed by atoms with Crippen molar-refractivity contribution in [2.24, 2.45) is 0 Å². The zero-order chi connectivity index (χ0) is 21.2. The number of fused-ring (bicyclic) bond motifs is 1. The minimum Gasteiger partial charge on any atom is -0.494 e. The Balaban J connectivity index is 1.47. The van der Waals surface area contributed by atoms with E-state index >= 15 is 0 Å². The lowest BCUT2D eigenvalue weighted by Gasteiger charge is -2.07. The first-order valence-corrected chi connectivity index (χ1v) is 12.8. The third-order valence-corrected chi connectivity index (χ3v) is 7.37. The van der Waals surface area contributed by atoms with Gasteiger partial charge in [0.05, 0.1) is 6.61 Å². The fourth-order valence-corrected chi connectivity index (χ4v) is 5.66. The van der Waals surface area contributed by atoms with Gasteiger partial charge in [0.25, 0.3) is 0 Å². The van der Waals surface area contributed by atoms with Crippen molar-refractivity contribution in [3.63, 3.8) is 0 Å². The minimum atomic E-state index is -0.291. The summed E-state index contributed by atoms with van der Waals surface area (Å²) in [6, 6.07) is 11.5. The topological polar surface area (TPSA) is 35.5 Å². The lowest BCUT2D eigenvalue weighted by Crippen LogP contribution is -2.06. The molecule has 0 saturated heterocycles. The van der Waals surface area contributed by atoms with Gasteiger partial charge in [-0.1, -0.05) is 52.4 Å². The van der Waals surface area contributed by atoms with Crippen LogP contribution in [0.5, 0.6) is 11.5 Å². The van der Waals surface area contributed by atoms with Gasteiger partial charge in [-0.3, -0.25) is 0 Å². The predicted molar refractivity (Wildman–Crippen MR) is 129 cm³/mol. The molecule has 0 saturated carbocycles. The van der Waals surface area contributed by atoms with E-state index in [1.807, 2.05) is 18.2 Å². The summed E-state index contributed by atoms with van der Waals surface area (Å²) in [5.74, 6) is 1.07. The summed E-state index contributed by atoms with van der Waals surface area (Å²) in [5.41, 5.74) is 0. The van der Waals surface area contributed by atoms with Crippen LogP contribution in [0.25, 0.3) is 9.40 Å². The number of thiophene rings is 2. The van der Waals surface area contributed by atoms with E-state index < -0.39 is 0 Å². The Bertz CT molecular complexity index is 877.